The normalized spacial score (nSPS) is 11.0. The summed E-state index contributed by atoms with van der Waals surface area (Å²) in [4.78, 5) is 54.0. The van der Waals surface area contributed by atoms with Gasteiger partial charge in [-0.1, -0.05) is 27.2 Å². The number of aryl methyl sites for hydroxylation is 1. The number of anilines is 2. The van der Waals surface area contributed by atoms with E-state index in [9.17, 15) is 19.2 Å². The van der Waals surface area contributed by atoms with Crippen LogP contribution in [0.1, 0.15) is 55.3 Å². The van der Waals surface area contributed by atoms with E-state index in [1.165, 1.54) is 20.8 Å². The lowest BCUT2D eigenvalue weighted by Gasteiger charge is -2.25. The Morgan fingerprint density at radius 1 is 1.32 bits per heavy atom. The Morgan fingerprint density at radius 3 is 2.61 bits per heavy atom. The van der Waals surface area contributed by atoms with E-state index < -0.39 is 29.7 Å². The van der Waals surface area contributed by atoms with Crippen molar-refractivity contribution in [3.8, 4) is 0 Å². The molecule has 9 nitrogen and oxygen atoms in total. The molecule has 0 aliphatic carbocycles. The van der Waals surface area contributed by atoms with Crippen molar-refractivity contribution in [3.05, 3.63) is 42.7 Å². The molecule has 0 saturated carbocycles. The summed E-state index contributed by atoms with van der Waals surface area (Å²) in [6.45, 7) is 7.70. The molecule has 31 heavy (non-hydrogen) atoms. The van der Waals surface area contributed by atoms with Gasteiger partial charge in [0.05, 0.1) is 0 Å². The Labute approximate surface area is 184 Å². The van der Waals surface area contributed by atoms with Gasteiger partial charge in [0, 0.05) is 13.1 Å². The second kappa shape index (κ2) is 10.9. The number of carbonyl (C=O) groups excluding carboxylic acids is 2. The number of nitrogens with two attached hydrogens (primary N) is 1. The van der Waals surface area contributed by atoms with Gasteiger partial charge in [-0.2, -0.15) is 0 Å². The minimum absolute atomic E-state index is 0.0697. The van der Waals surface area contributed by atoms with E-state index in [0.29, 0.717) is 24.3 Å². The van der Waals surface area contributed by atoms with E-state index in [0.717, 1.165) is 12.0 Å². The summed E-state index contributed by atoms with van der Waals surface area (Å²) < 4.78 is 6.46. The van der Waals surface area contributed by atoms with Crippen molar-refractivity contribution in [2.24, 2.45) is 5.92 Å². The molecule has 10 heteroatoms. The van der Waals surface area contributed by atoms with Gasteiger partial charge >= 0.3 is 11.7 Å². The molecule has 2 aromatic heterocycles. The summed E-state index contributed by atoms with van der Waals surface area (Å²) in [6.07, 6.45) is 2.11. The maximum atomic E-state index is 13.0. The highest BCUT2D eigenvalue weighted by molar-refractivity contribution is 7.12. The zero-order chi connectivity index (χ0) is 23.1. The average molecular weight is 451 g/mol. The van der Waals surface area contributed by atoms with Crippen LogP contribution in [0, 0.1) is 12.8 Å². The van der Waals surface area contributed by atoms with Gasteiger partial charge in [-0.3, -0.25) is 19.1 Å². The number of nitrogens with zero attached hydrogens (tertiary/aromatic N) is 2. The summed E-state index contributed by atoms with van der Waals surface area (Å²) in [5.74, 6) is -1.00. The second-order valence-electron chi connectivity index (χ2n) is 7.74. The first kappa shape index (κ1) is 24.4. The van der Waals surface area contributed by atoms with E-state index in [1.54, 1.807) is 18.4 Å². The number of amides is 1. The third kappa shape index (κ3) is 6.06. The zero-order valence-electron chi connectivity index (χ0n) is 18.4. The van der Waals surface area contributed by atoms with Crippen LogP contribution in [-0.2, 0) is 16.1 Å². The zero-order valence-corrected chi connectivity index (χ0v) is 19.2. The number of nitrogens with one attached hydrogen (secondary N) is 1. The Kier molecular flexibility index (Phi) is 8.61. The van der Waals surface area contributed by atoms with Gasteiger partial charge in [0.2, 0.25) is 0 Å². The fraction of sp³-hybridized carbons (Fsp3) is 0.524. The molecule has 0 bridgehead atoms. The lowest BCUT2D eigenvalue weighted by Crippen LogP contribution is -2.43. The molecule has 0 fully saturated rings. The minimum Gasteiger partial charge on any atom is -0.451 e. The van der Waals surface area contributed by atoms with E-state index >= 15 is 0 Å². The van der Waals surface area contributed by atoms with E-state index in [4.69, 9.17) is 10.5 Å². The number of hydrogen-bond donors (Lipinski definition) is 2. The summed E-state index contributed by atoms with van der Waals surface area (Å²) >= 11 is 1.23. The van der Waals surface area contributed by atoms with E-state index in [1.807, 2.05) is 20.8 Å². The summed E-state index contributed by atoms with van der Waals surface area (Å²) in [6, 6.07) is 1.79. The highest BCUT2D eigenvalue weighted by Gasteiger charge is 2.25. The Hall–Kier alpha value is -2.88. The second-order valence-corrected chi connectivity index (χ2v) is 8.65. The number of carbonyl (C=O) groups is 2. The molecule has 0 spiro atoms. The third-order valence-corrected chi connectivity index (χ3v) is 5.82. The summed E-state index contributed by atoms with van der Waals surface area (Å²) in [5.41, 5.74) is 5.48. The van der Waals surface area contributed by atoms with Gasteiger partial charge in [0.15, 0.2) is 12.3 Å². The molecule has 2 aromatic rings. The molecule has 1 amide bonds. The van der Waals surface area contributed by atoms with Gasteiger partial charge < -0.3 is 15.4 Å². The highest BCUT2D eigenvalue weighted by atomic mass is 32.1. The molecule has 2 rings (SSSR count). The maximum Gasteiger partial charge on any atom is 0.349 e. The fourth-order valence-electron chi connectivity index (χ4n) is 2.98. The molecule has 0 unspecified atom stereocenters. The number of nitrogen functional groups attached to an aromatic ring is 1. The van der Waals surface area contributed by atoms with Crippen LogP contribution >= 0.6 is 11.3 Å². The molecule has 170 valence electrons. The predicted molar refractivity (Wildman–Crippen MR) is 122 cm³/mol. The van der Waals surface area contributed by atoms with Crippen LogP contribution in [0.3, 0.4) is 0 Å². The Morgan fingerprint density at radius 2 is 2.03 bits per heavy atom. The monoisotopic (exact) mass is 450 g/mol. The maximum absolute atomic E-state index is 13.0. The number of H-pyrrole nitrogens is 1. The quantitative estimate of drug-likeness (QED) is 0.536. The van der Waals surface area contributed by atoms with Crippen LogP contribution in [0.5, 0.6) is 0 Å². The molecule has 3 N–H and O–H groups in total. The largest absolute Gasteiger partial charge is 0.451 e. The van der Waals surface area contributed by atoms with Crippen molar-refractivity contribution < 1.29 is 14.3 Å². The number of unbranched alkanes of at least 4 members (excludes halogenated alkanes) is 1. The van der Waals surface area contributed by atoms with Crippen LogP contribution in [0.2, 0.25) is 0 Å². The lowest BCUT2D eigenvalue weighted by atomic mass is 10.1. The molecule has 0 atom stereocenters. The van der Waals surface area contributed by atoms with Gasteiger partial charge in [0.25, 0.3) is 11.5 Å². The van der Waals surface area contributed by atoms with Crippen LogP contribution in [0.15, 0.2) is 21.0 Å². The first-order chi connectivity index (χ1) is 14.7. The van der Waals surface area contributed by atoms with Crippen LogP contribution < -0.4 is 21.9 Å². The Bertz CT molecular complexity index is 1040. The van der Waals surface area contributed by atoms with Gasteiger partial charge in [0.1, 0.15) is 10.7 Å². The molecular weight excluding hydrogens is 420 g/mol. The molecule has 0 aliphatic rings. The van der Waals surface area contributed by atoms with Crippen molar-refractivity contribution >= 4 is 34.7 Å². The van der Waals surface area contributed by atoms with Crippen molar-refractivity contribution in [1.29, 1.82) is 0 Å². The third-order valence-electron chi connectivity index (χ3n) is 4.82. The molecular formula is C21H30N4O5S. The number of hydrogen-bond acceptors (Lipinski definition) is 7. The number of aromatic nitrogens is 2. The minimum atomic E-state index is -0.743. The lowest BCUT2D eigenvalue weighted by molar-refractivity contribution is -0.121. The molecule has 0 saturated heterocycles. The fourth-order valence-corrected chi connectivity index (χ4v) is 3.79. The SMILES string of the molecule is CCCCn1c(N)c(N(CCC(C)C)C(=O)COC(=O)c2sccc2C)c(=O)[nH]c1=O. The number of aromatic amines is 1. The van der Waals surface area contributed by atoms with Crippen molar-refractivity contribution in [2.45, 2.75) is 53.5 Å². The van der Waals surface area contributed by atoms with Crippen molar-refractivity contribution in [3.63, 3.8) is 0 Å². The topological polar surface area (TPSA) is 127 Å². The predicted octanol–water partition coefficient (Wildman–Crippen LogP) is 2.52. The van der Waals surface area contributed by atoms with Crippen LogP contribution in [0.25, 0.3) is 0 Å². The van der Waals surface area contributed by atoms with Gasteiger partial charge in [-0.25, -0.2) is 9.59 Å². The molecule has 2 heterocycles. The van der Waals surface area contributed by atoms with Crippen LogP contribution in [-0.4, -0.2) is 34.6 Å². The first-order valence-electron chi connectivity index (χ1n) is 10.3. The average Bonchev–Trinajstić information content (AvgIpc) is 3.13. The van der Waals surface area contributed by atoms with Gasteiger partial charge in [-0.15, -0.1) is 11.3 Å². The Balaban J connectivity index is 2.34. The number of thiophene rings is 1. The molecule has 0 radical (unpaired) electrons. The number of ether oxygens (including phenoxy) is 1. The first-order valence-corrected chi connectivity index (χ1v) is 11.2. The van der Waals surface area contributed by atoms with Gasteiger partial charge in [-0.05, 0) is 42.7 Å². The molecule has 0 aromatic carbocycles. The van der Waals surface area contributed by atoms with E-state index in [2.05, 4.69) is 4.98 Å². The summed E-state index contributed by atoms with van der Waals surface area (Å²) in [7, 11) is 0. The van der Waals surface area contributed by atoms with Crippen LogP contribution in [0.4, 0.5) is 11.5 Å². The van der Waals surface area contributed by atoms with Crippen molar-refractivity contribution in [1.82, 2.24) is 9.55 Å². The molecule has 0 aliphatic heterocycles. The standard InChI is InChI=1S/C21H30N4O5S/c1-5-6-9-25-18(22)16(19(27)23-21(25)29)24(10-7-13(2)3)15(26)12-30-20(28)17-14(4)8-11-31-17/h8,11,13H,5-7,9-10,12,22H2,1-4H3,(H,23,27,29). The smallest absolute Gasteiger partial charge is 0.349 e. The number of rotatable bonds is 10. The summed E-state index contributed by atoms with van der Waals surface area (Å²) in [5, 5.41) is 1.77. The van der Waals surface area contributed by atoms with E-state index in [-0.39, 0.29) is 24.0 Å². The van der Waals surface area contributed by atoms with Crippen molar-refractivity contribution in [2.75, 3.05) is 23.8 Å². The highest BCUT2D eigenvalue weighted by Crippen LogP contribution is 2.20. The number of esters is 1.